The predicted octanol–water partition coefficient (Wildman–Crippen LogP) is 3.87. The summed E-state index contributed by atoms with van der Waals surface area (Å²) in [6.45, 7) is 0. The molecule has 0 aromatic heterocycles. The number of benzene rings is 1. The summed E-state index contributed by atoms with van der Waals surface area (Å²) in [7, 11) is 0. The molecule has 14 heavy (non-hydrogen) atoms. The Morgan fingerprint density at radius 3 is 2.93 bits per heavy atom. The van der Waals surface area contributed by atoms with Gasteiger partial charge in [0.05, 0.1) is 0 Å². The average Bonchev–Trinajstić information content (AvgIpc) is 2.29. The number of rotatable bonds is 0. The van der Waals surface area contributed by atoms with Gasteiger partial charge in [0.2, 0.25) is 0 Å². The Morgan fingerprint density at radius 2 is 1.93 bits per heavy atom. The molecule has 1 aromatic rings. The molecule has 0 fully saturated rings. The van der Waals surface area contributed by atoms with Crippen LogP contribution in [0.1, 0.15) is 30.4 Å². The molecule has 0 amide bonds. The minimum atomic E-state index is 1.26. The lowest BCUT2D eigenvalue weighted by Crippen LogP contribution is -2.07. The van der Waals surface area contributed by atoms with Crippen LogP contribution < -0.4 is 0 Å². The van der Waals surface area contributed by atoms with E-state index in [1.807, 2.05) is 0 Å². The summed E-state index contributed by atoms with van der Waals surface area (Å²) >= 11 is 2.07. The molecule has 0 N–H and O–H groups in total. The van der Waals surface area contributed by atoms with Crippen molar-refractivity contribution in [3.05, 3.63) is 41.0 Å². The first-order chi connectivity index (χ1) is 6.95. The van der Waals surface area contributed by atoms with E-state index in [0.717, 1.165) is 0 Å². The van der Waals surface area contributed by atoms with Gasteiger partial charge in [-0.05, 0) is 42.6 Å². The maximum absolute atomic E-state index is 2.29. The van der Waals surface area contributed by atoms with E-state index < -0.39 is 0 Å². The standard InChI is InChI=1S/C13H14S/c1-2-6-12-10(4-1)7-8-11-5-3-9-14-13(11)12/h1-2,4,6H,3,5,7-9H2. The van der Waals surface area contributed by atoms with E-state index >= 15 is 0 Å². The van der Waals surface area contributed by atoms with E-state index in [1.54, 1.807) is 16.0 Å². The Labute approximate surface area is 89.4 Å². The van der Waals surface area contributed by atoms with Crippen molar-refractivity contribution >= 4 is 16.7 Å². The molecule has 1 aliphatic carbocycles. The van der Waals surface area contributed by atoms with Crippen LogP contribution in [0.15, 0.2) is 29.8 Å². The van der Waals surface area contributed by atoms with Crippen LogP contribution in [0.25, 0.3) is 4.91 Å². The van der Waals surface area contributed by atoms with Gasteiger partial charge in [0.1, 0.15) is 0 Å². The van der Waals surface area contributed by atoms with E-state index in [1.165, 1.54) is 37.0 Å². The molecule has 0 atom stereocenters. The Balaban J connectivity index is 2.13. The summed E-state index contributed by atoms with van der Waals surface area (Å²) < 4.78 is 0. The van der Waals surface area contributed by atoms with Gasteiger partial charge in [-0.2, -0.15) is 0 Å². The second-order valence-corrected chi connectivity index (χ2v) is 5.15. The first-order valence-electron chi connectivity index (χ1n) is 5.38. The lowest BCUT2D eigenvalue weighted by molar-refractivity contribution is 0.810. The molecule has 0 radical (unpaired) electrons. The Morgan fingerprint density at radius 1 is 1.00 bits per heavy atom. The van der Waals surface area contributed by atoms with Crippen molar-refractivity contribution in [3.8, 4) is 0 Å². The molecule has 1 heterocycles. The zero-order chi connectivity index (χ0) is 9.38. The van der Waals surface area contributed by atoms with E-state index in [2.05, 4.69) is 36.0 Å². The third kappa shape index (κ3) is 1.31. The summed E-state index contributed by atoms with van der Waals surface area (Å²) in [5.74, 6) is 1.31. The second-order valence-electron chi connectivity index (χ2n) is 4.04. The van der Waals surface area contributed by atoms with Crippen molar-refractivity contribution in [2.24, 2.45) is 0 Å². The summed E-state index contributed by atoms with van der Waals surface area (Å²) in [5, 5.41) is 0. The average molecular weight is 202 g/mol. The molecule has 1 aromatic carbocycles. The number of allylic oxidation sites excluding steroid dienone is 1. The Hall–Kier alpha value is -0.690. The summed E-state index contributed by atoms with van der Waals surface area (Å²) in [4.78, 5) is 1.61. The lowest BCUT2D eigenvalue weighted by Gasteiger charge is -2.26. The van der Waals surface area contributed by atoms with Gasteiger partial charge in [0.25, 0.3) is 0 Å². The molecule has 0 unspecified atom stereocenters. The van der Waals surface area contributed by atoms with Crippen LogP contribution in [-0.4, -0.2) is 5.75 Å². The fraction of sp³-hybridized carbons (Fsp3) is 0.385. The molecule has 0 nitrogen and oxygen atoms in total. The van der Waals surface area contributed by atoms with Crippen molar-refractivity contribution in [2.45, 2.75) is 25.7 Å². The predicted molar refractivity (Wildman–Crippen MR) is 63.4 cm³/mol. The van der Waals surface area contributed by atoms with E-state index in [9.17, 15) is 0 Å². The quantitative estimate of drug-likeness (QED) is 0.615. The zero-order valence-corrected chi connectivity index (χ0v) is 9.07. The first kappa shape index (κ1) is 8.60. The highest BCUT2D eigenvalue weighted by molar-refractivity contribution is 8.08. The molecular weight excluding hydrogens is 188 g/mol. The smallest absolute Gasteiger partial charge is 0.0139 e. The van der Waals surface area contributed by atoms with Gasteiger partial charge in [0.15, 0.2) is 0 Å². The number of fused-ring (bicyclic) bond motifs is 2. The third-order valence-electron chi connectivity index (χ3n) is 3.15. The van der Waals surface area contributed by atoms with Gasteiger partial charge in [-0.15, -0.1) is 11.8 Å². The fourth-order valence-corrected chi connectivity index (χ4v) is 3.68. The normalized spacial score (nSPS) is 20.3. The Bertz CT molecular complexity index is 390. The maximum Gasteiger partial charge on any atom is 0.0139 e. The number of aryl methyl sites for hydroxylation is 1. The van der Waals surface area contributed by atoms with Gasteiger partial charge >= 0.3 is 0 Å². The molecule has 3 rings (SSSR count). The molecular formula is C13H14S. The highest BCUT2D eigenvalue weighted by Crippen LogP contribution is 2.43. The van der Waals surface area contributed by atoms with Crippen LogP contribution >= 0.6 is 11.8 Å². The highest BCUT2D eigenvalue weighted by Gasteiger charge is 2.20. The van der Waals surface area contributed by atoms with Crippen LogP contribution in [0.3, 0.4) is 0 Å². The Kier molecular flexibility index (Phi) is 2.13. The third-order valence-corrected chi connectivity index (χ3v) is 4.44. The summed E-state index contributed by atoms with van der Waals surface area (Å²) in [5.41, 5.74) is 4.80. The van der Waals surface area contributed by atoms with Crippen molar-refractivity contribution in [3.63, 3.8) is 0 Å². The largest absolute Gasteiger partial charge is 0.126 e. The number of hydrogen-bond donors (Lipinski definition) is 0. The van der Waals surface area contributed by atoms with Gasteiger partial charge in [-0.1, -0.05) is 29.8 Å². The van der Waals surface area contributed by atoms with Crippen molar-refractivity contribution in [2.75, 3.05) is 5.75 Å². The fourth-order valence-electron chi connectivity index (χ4n) is 2.43. The number of hydrogen-bond acceptors (Lipinski definition) is 1. The number of thioether (sulfide) groups is 1. The molecule has 0 saturated carbocycles. The molecule has 1 heteroatoms. The van der Waals surface area contributed by atoms with Crippen LogP contribution in [0.2, 0.25) is 0 Å². The molecule has 0 spiro atoms. The monoisotopic (exact) mass is 202 g/mol. The second kappa shape index (κ2) is 3.47. The minimum absolute atomic E-state index is 1.26. The van der Waals surface area contributed by atoms with E-state index in [4.69, 9.17) is 0 Å². The lowest BCUT2D eigenvalue weighted by atomic mass is 9.90. The van der Waals surface area contributed by atoms with Crippen molar-refractivity contribution < 1.29 is 0 Å². The zero-order valence-electron chi connectivity index (χ0n) is 8.25. The van der Waals surface area contributed by atoms with E-state index in [0.29, 0.717) is 0 Å². The SMILES string of the molecule is c1ccc2c(c1)CCC1=C2SCCC1. The van der Waals surface area contributed by atoms with Crippen LogP contribution in [0, 0.1) is 0 Å². The molecule has 1 aliphatic heterocycles. The van der Waals surface area contributed by atoms with Crippen LogP contribution in [0.5, 0.6) is 0 Å². The van der Waals surface area contributed by atoms with Crippen molar-refractivity contribution in [1.29, 1.82) is 0 Å². The van der Waals surface area contributed by atoms with Gasteiger partial charge in [-0.3, -0.25) is 0 Å². The van der Waals surface area contributed by atoms with E-state index in [-0.39, 0.29) is 0 Å². The maximum atomic E-state index is 2.29. The topological polar surface area (TPSA) is 0 Å². The minimum Gasteiger partial charge on any atom is -0.126 e. The summed E-state index contributed by atoms with van der Waals surface area (Å²) in [6, 6.07) is 8.91. The highest BCUT2D eigenvalue weighted by atomic mass is 32.2. The van der Waals surface area contributed by atoms with Crippen molar-refractivity contribution in [1.82, 2.24) is 0 Å². The van der Waals surface area contributed by atoms with Gasteiger partial charge in [-0.25, -0.2) is 0 Å². The summed E-state index contributed by atoms with van der Waals surface area (Å²) in [6.07, 6.45) is 5.29. The molecule has 72 valence electrons. The van der Waals surface area contributed by atoms with Crippen LogP contribution in [-0.2, 0) is 6.42 Å². The molecule has 0 saturated heterocycles. The van der Waals surface area contributed by atoms with Gasteiger partial charge in [0, 0.05) is 4.91 Å². The molecule has 0 bridgehead atoms. The van der Waals surface area contributed by atoms with Gasteiger partial charge < -0.3 is 0 Å². The first-order valence-corrected chi connectivity index (χ1v) is 6.37. The molecule has 2 aliphatic rings. The van der Waals surface area contributed by atoms with Crippen LogP contribution in [0.4, 0.5) is 0 Å².